The molecule has 0 saturated carbocycles. The zero-order valence-corrected chi connectivity index (χ0v) is 69.1. The fraction of sp³-hybridized carbons (Fsp3) is 0.959. The van der Waals surface area contributed by atoms with Crippen LogP contribution >= 0.6 is 31.1 Å². The van der Waals surface area contributed by atoms with Crippen molar-refractivity contribution in [3.05, 3.63) is 0 Å². The third kappa shape index (κ3) is 35.0. The summed E-state index contributed by atoms with van der Waals surface area (Å²) >= 11 is 0. The fourth-order valence-electron chi connectivity index (χ4n) is 14.0. The van der Waals surface area contributed by atoms with Crippen molar-refractivity contribution in [2.75, 3.05) is 133 Å². The van der Waals surface area contributed by atoms with Crippen molar-refractivity contribution in [3.8, 4) is 0 Å². The first-order chi connectivity index (χ1) is 49.6. The maximum atomic E-state index is 16.0. The minimum atomic E-state index is -4.57. The molecule has 103 heavy (non-hydrogen) atoms. The van der Waals surface area contributed by atoms with Crippen molar-refractivity contribution in [2.45, 2.75) is 321 Å². The molecule has 0 radical (unpaired) electrons. The molecule has 26 nitrogen and oxygen atoms in total. The Labute approximate surface area is 622 Å². The number of unbranched alkanes of at least 4 members (excludes halogenated alkanes) is 30. The van der Waals surface area contributed by atoms with Crippen LogP contribution in [-0.4, -0.2) is 232 Å². The van der Waals surface area contributed by atoms with Crippen LogP contribution in [0.15, 0.2) is 14.3 Å². The smallest absolute Gasteiger partial charge is 0.396 e. The molecule has 0 aliphatic carbocycles. The molecule has 0 aromatic rings. The van der Waals surface area contributed by atoms with Crippen LogP contribution in [-0.2, 0) is 68.7 Å². The van der Waals surface area contributed by atoms with E-state index in [1.165, 1.54) is 141 Å². The first-order valence-corrected chi connectivity index (χ1v) is 46.7. The van der Waals surface area contributed by atoms with Crippen LogP contribution in [0.25, 0.3) is 0 Å². The number of hydrogen-bond acceptors (Lipinski definition) is 16. The number of aliphatic hydroxyl groups excluding tert-OH is 1. The molecule has 6 aliphatic heterocycles. The molecule has 0 amide bonds. The van der Waals surface area contributed by atoms with Crippen molar-refractivity contribution in [2.24, 2.45) is 14.3 Å². The third-order valence-corrected chi connectivity index (χ3v) is 25.7. The van der Waals surface area contributed by atoms with Crippen LogP contribution in [0.1, 0.15) is 279 Å². The van der Waals surface area contributed by atoms with Gasteiger partial charge in [0.1, 0.15) is 18.3 Å². The van der Waals surface area contributed by atoms with Crippen molar-refractivity contribution in [3.63, 3.8) is 0 Å². The molecule has 6 heterocycles. The van der Waals surface area contributed by atoms with E-state index in [-0.39, 0.29) is 59.1 Å². The van der Waals surface area contributed by atoms with Gasteiger partial charge >= 0.3 is 31.1 Å². The first kappa shape index (κ1) is 90.1. The zero-order chi connectivity index (χ0) is 74.2. The highest BCUT2D eigenvalue weighted by molar-refractivity contribution is 7.53. The van der Waals surface area contributed by atoms with E-state index in [1.807, 2.05) is 56.6 Å². The molecule has 10 atom stereocenters. The SMILES string of the molecule is CCCCCCCCCCCCN1CCN(C)C1=NP(=O)(O[C@@H]1CCOC1COP(=O)(/N=C1\N(C)CCN1CCCCCCCCCCCC)O[C@@H]1CCO[C@@H]1COP(=O)(/N=C1\N(C)CCN1CCCCCCCCCCCC)O[C@@H]1CCO[C@@H]1COP(=O)(O)OCCCCCCO)OC(C)(C)C. The monoisotopic (exact) mass is 1540 g/mol. The molecule has 0 aromatic carbocycles. The lowest BCUT2D eigenvalue weighted by molar-refractivity contribution is -0.0144. The quantitative estimate of drug-likeness (QED) is 0.0423. The minimum absolute atomic E-state index is 0.0118. The molecule has 5 unspecified atom stereocenters. The van der Waals surface area contributed by atoms with Crippen molar-refractivity contribution in [1.29, 1.82) is 0 Å². The van der Waals surface area contributed by atoms with Gasteiger partial charge in [-0.25, -0.2) is 18.3 Å². The van der Waals surface area contributed by atoms with Gasteiger partial charge < -0.3 is 53.6 Å². The number of rotatable bonds is 59. The average Bonchev–Trinajstić information content (AvgIpc) is 1.74. The van der Waals surface area contributed by atoms with Crippen LogP contribution in [0.2, 0.25) is 0 Å². The molecule has 0 aromatic heterocycles. The molecule has 2 N–H and O–H groups in total. The van der Waals surface area contributed by atoms with Gasteiger partial charge in [0.05, 0.1) is 50.3 Å². The van der Waals surface area contributed by atoms with Crippen LogP contribution in [0.3, 0.4) is 0 Å². The number of nitrogens with zero attached hydrogens (tertiary/aromatic N) is 9. The number of ether oxygens (including phenoxy) is 3. The molecule has 6 saturated heterocycles. The summed E-state index contributed by atoms with van der Waals surface area (Å²) < 4.78 is 143. The predicted octanol–water partition coefficient (Wildman–Crippen LogP) is 16.9. The summed E-state index contributed by atoms with van der Waals surface area (Å²) in [5.41, 5.74) is -0.903. The Bertz CT molecular complexity index is 2620. The molecule has 6 fully saturated rings. The summed E-state index contributed by atoms with van der Waals surface area (Å²) in [6, 6.07) is 0. The number of hydrogen-bond donors (Lipinski definition) is 2. The van der Waals surface area contributed by atoms with E-state index in [2.05, 4.69) is 35.5 Å². The van der Waals surface area contributed by atoms with Gasteiger partial charge in [0.15, 0.2) is 0 Å². The molecule has 30 heteroatoms. The Morgan fingerprint density at radius 1 is 0.398 bits per heavy atom. The normalized spacial score (nSPS) is 24.9. The van der Waals surface area contributed by atoms with Crippen molar-refractivity contribution >= 4 is 48.9 Å². The number of aliphatic hydroxyl groups is 1. The van der Waals surface area contributed by atoms with Gasteiger partial charge in [-0.2, -0.15) is 0 Å². The second-order valence-electron chi connectivity index (χ2n) is 30.4. The van der Waals surface area contributed by atoms with Crippen molar-refractivity contribution < 1.29 is 78.7 Å². The predicted molar refractivity (Wildman–Crippen MR) is 411 cm³/mol. The molecule has 0 spiro atoms. The van der Waals surface area contributed by atoms with E-state index >= 15 is 13.7 Å². The Hall–Kier alpha value is -1.79. The number of guanidine groups is 3. The van der Waals surface area contributed by atoms with Gasteiger partial charge in [0.25, 0.3) is 0 Å². The molecular formula is C73H143N9O17P4. The molecule has 6 rings (SSSR count). The van der Waals surface area contributed by atoms with Gasteiger partial charge in [-0.1, -0.05) is 207 Å². The lowest BCUT2D eigenvalue weighted by Crippen LogP contribution is -2.34. The van der Waals surface area contributed by atoms with Gasteiger partial charge in [0.2, 0.25) is 17.9 Å². The molecule has 0 bridgehead atoms. The van der Waals surface area contributed by atoms with Gasteiger partial charge in [0, 0.05) is 126 Å². The summed E-state index contributed by atoms with van der Waals surface area (Å²) in [5.74, 6) is 1.49. The molecule has 602 valence electrons. The second kappa shape index (κ2) is 49.5. The lowest BCUT2D eigenvalue weighted by Gasteiger charge is -2.30. The highest BCUT2D eigenvalue weighted by Crippen LogP contribution is 2.59. The Kier molecular flexibility index (Phi) is 43.3. The maximum Gasteiger partial charge on any atom is 0.472 e. The summed E-state index contributed by atoms with van der Waals surface area (Å²) in [4.78, 5) is 23.0. The Morgan fingerprint density at radius 3 is 1.02 bits per heavy atom. The Balaban J connectivity index is 1.21. The fourth-order valence-corrected chi connectivity index (χ4v) is 19.8. The van der Waals surface area contributed by atoms with E-state index < -0.39 is 79.9 Å². The zero-order valence-electron chi connectivity index (χ0n) is 65.5. The second-order valence-corrected chi connectivity index (χ2v) is 36.6. The van der Waals surface area contributed by atoms with Crippen LogP contribution in [0, 0.1) is 0 Å². The summed E-state index contributed by atoms with van der Waals surface area (Å²) in [7, 11) is -12.1. The minimum Gasteiger partial charge on any atom is -0.396 e. The van der Waals surface area contributed by atoms with E-state index in [0.717, 1.165) is 70.9 Å². The lowest BCUT2D eigenvalue weighted by atomic mass is 10.1. The summed E-state index contributed by atoms with van der Waals surface area (Å²) in [6.45, 7) is 18.0. The van der Waals surface area contributed by atoms with Crippen molar-refractivity contribution in [1.82, 2.24) is 29.4 Å². The Morgan fingerprint density at radius 2 is 0.689 bits per heavy atom. The highest BCUT2D eigenvalue weighted by Gasteiger charge is 2.47. The third-order valence-electron chi connectivity index (χ3n) is 20.1. The van der Waals surface area contributed by atoms with E-state index in [0.29, 0.717) is 89.4 Å². The molecular weight excluding hydrogens is 1400 g/mol. The van der Waals surface area contributed by atoms with E-state index in [4.69, 9.17) is 69.8 Å². The maximum absolute atomic E-state index is 16.0. The highest BCUT2D eigenvalue weighted by atomic mass is 31.2. The van der Waals surface area contributed by atoms with Gasteiger partial charge in [-0.05, 0) is 52.9 Å². The van der Waals surface area contributed by atoms with Gasteiger partial charge in [-0.3, -0.25) is 36.2 Å². The number of likely N-dealkylation sites (N-methyl/N-ethyl adjacent to an activating group) is 3. The van der Waals surface area contributed by atoms with Crippen LogP contribution in [0.5, 0.6) is 0 Å². The topological polar surface area (TPSA) is 267 Å². The van der Waals surface area contributed by atoms with Gasteiger partial charge in [-0.15, -0.1) is 14.3 Å². The van der Waals surface area contributed by atoms with E-state index in [9.17, 15) is 9.46 Å². The molecule has 6 aliphatic rings. The number of phosphoric ester groups is 1. The first-order valence-electron chi connectivity index (χ1n) is 40.7. The van der Waals surface area contributed by atoms with Crippen LogP contribution in [0.4, 0.5) is 0 Å². The van der Waals surface area contributed by atoms with Crippen LogP contribution < -0.4 is 0 Å². The largest absolute Gasteiger partial charge is 0.472 e. The summed E-state index contributed by atoms with van der Waals surface area (Å²) in [5, 5.41) is 9.15. The number of phosphoric acid groups is 1. The standard InChI is InChI=1S/C73H143N9O17P4/c1-10-13-16-19-22-25-28-31-34-39-47-80-53-50-77(7)70(80)74-100(84,94-62-68-66(46-60-90-68)98-102(86,99-73(4,5)6)76-72-79(9)52-55-82(72)49-41-36-33-30-27-24-21-18-15-12-3)96-64-44-58-89-67(64)61-93-101(85,75-71-78(8)51-54-81(71)48-40-35-32-29-26-23-20-17-14-11-2)97-65-45-59-91-69(65)63-95-103(87,88)92-57-43-38-37-42-56-83/h64-69,83H,10-63H2,1-9H3,(H,87,88)/b74-70+,75-71+,76-72?/t64-,65-,66-,67-,68?,69-,100?,101?,102?/m1/s1. The van der Waals surface area contributed by atoms with E-state index in [1.54, 1.807) is 0 Å². The average molecular weight is 1540 g/mol. The summed E-state index contributed by atoms with van der Waals surface area (Å²) in [6.07, 6.45) is 34.1.